The quantitative estimate of drug-likeness (QED) is 0.357. The zero-order valence-corrected chi connectivity index (χ0v) is 20.8. The molecule has 0 saturated carbocycles. The molecule has 1 heterocycles. The first-order chi connectivity index (χ1) is 16.4. The number of aromatic nitrogens is 1. The minimum atomic E-state index is -1.04. The Morgan fingerprint density at radius 1 is 1.21 bits per heavy atom. The van der Waals surface area contributed by atoms with E-state index in [1.807, 2.05) is 55.7 Å². The highest BCUT2D eigenvalue weighted by molar-refractivity contribution is 7.98. The van der Waals surface area contributed by atoms with Gasteiger partial charge in [-0.2, -0.15) is 11.8 Å². The maximum Gasteiger partial charge on any atom is 0.326 e. The lowest BCUT2D eigenvalue weighted by Gasteiger charge is -2.18. The molecule has 0 aliphatic carbocycles. The minimum absolute atomic E-state index is 0.0877. The van der Waals surface area contributed by atoms with Gasteiger partial charge in [0, 0.05) is 16.6 Å². The van der Waals surface area contributed by atoms with Gasteiger partial charge in [0.25, 0.3) is 5.91 Å². The molecule has 1 atom stereocenters. The predicted molar refractivity (Wildman–Crippen MR) is 139 cm³/mol. The molecule has 0 aliphatic heterocycles. The molecule has 2 aromatic carbocycles. The maximum atomic E-state index is 13.2. The summed E-state index contributed by atoms with van der Waals surface area (Å²) >= 11 is 3.04. The fourth-order valence-electron chi connectivity index (χ4n) is 3.64. The summed E-state index contributed by atoms with van der Waals surface area (Å²) in [5, 5.41) is 22.1. The number of carboxylic acids is 1. The molecule has 178 valence electrons. The smallest absolute Gasteiger partial charge is 0.326 e. The highest BCUT2D eigenvalue weighted by Crippen LogP contribution is 2.29. The van der Waals surface area contributed by atoms with E-state index in [-0.39, 0.29) is 6.61 Å². The van der Waals surface area contributed by atoms with Crippen molar-refractivity contribution in [3.8, 4) is 11.1 Å². The number of carbonyl (C=O) groups is 2. The van der Waals surface area contributed by atoms with Gasteiger partial charge in [-0.3, -0.25) is 9.78 Å². The summed E-state index contributed by atoms with van der Waals surface area (Å²) in [5.74, 6) is -0.824. The number of rotatable bonds is 11. The Morgan fingerprint density at radius 3 is 2.65 bits per heavy atom. The van der Waals surface area contributed by atoms with Crippen molar-refractivity contribution >= 4 is 41.1 Å². The molecular weight excluding hydrogens is 468 g/mol. The third kappa shape index (κ3) is 6.79. The molecule has 3 N–H and O–H groups in total. The van der Waals surface area contributed by atoms with E-state index in [0.717, 1.165) is 32.7 Å². The summed E-state index contributed by atoms with van der Waals surface area (Å²) in [7, 11) is 0. The van der Waals surface area contributed by atoms with Crippen molar-refractivity contribution in [1.82, 2.24) is 10.3 Å². The summed E-state index contributed by atoms with van der Waals surface area (Å²) in [6.45, 7) is 1.89. The van der Waals surface area contributed by atoms with E-state index in [9.17, 15) is 19.8 Å². The standard InChI is InChI=1S/C26H28N2O4S2/c1-17-5-3-4-6-21(17)23-13-18(11-19(15-29)12-20-14-27-16-34-20)7-8-22(23)25(30)28-24(26(31)32)9-10-33-2/h3-8,12-14,16,24,29H,9-11,15H2,1-2H3,(H,28,30)(H,31,32)/b19-12-. The van der Waals surface area contributed by atoms with Crippen molar-refractivity contribution in [2.24, 2.45) is 0 Å². The Hall–Kier alpha value is -2.94. The molecule has 1 aromatic heterocycles. The predicted octanol–water partition coefficient (Wildman–Crippen LogP) is 4.67. The number of aliphatic carboxylic acids is 1. The number of hydrogen-bond donors (Lipinski definition) is 3. The average molecular weight is 497 g/mol. The van der Waals surface area contributed by atoms with Gasteiger partial charge in [0.2, 0.25) is 0 Å². The number of aliphatic hydroxyl groups is 1. The molecule has 1 unspecified atom stereocenters. The van der Waals surface area contributed by atoms with Crippen LogP contribution >= 0.6 is 23.1 Å². The van der Waals surface area contributed by atoms with Crippen LogP contribution < -0.4 is 5.32 Å². The van der Waals surface area contributed by atoms with Crippen LogP contribution in [-0.4, -0.2) is 51.7 Å². The van der Waals surface area contributed by atoms with Crippen molar-refractivity contribution in [3.63, 3.8) is 0 Å². The normalized spacial score (nSPS) is 12.4. The fraction of sp³-hybridized carbons (Fsp3) is 0.269. The van der Waals surface area contributed by atoms with Gasteiger partial charge in [0.15, 0.2) is 0 Å². The van der Waals surface area contributed by atoms with E-state index >= 15 is 0 Å². The fourth-order valence-corrected chi connectivity index (χ4v) is 4.71. The highest BCUT2D eigenvalue weighted by atomic mass is 32.2. The maximum absolute atomic E-state index is 13.2. The summed E-state index contributed by atoms with van der Waals surface area (Å²) in [6, 6.07) is 12.4. The largest absolute Gasteiger partial charge is 0.480 e. The molecular formula is C26H28N2O4S2. The number of amides is 1. The highest BCUT2D eigenvalue weighted by Gasteiger charge is 2.22. The van der Waals surface area contributed by atoms with Crippen molar-refractivity contribution in [1.29, 1.82) is 0 Å². The van der Waals surface area contributed by atoms with E-state index < -0.39 is 17.9 Å². The second-order valence-corrected chi connectivity index (χ2v) is 9.79. The first-order valence-electron chi connectivity index (χ1n) is 10.8. The number of thiazole rings is 1. The topological polar surface area (TPSA) is 99.5 Å². The van der Waals surface area contributed by atoms with Crippen LogP contribution in [0.3, 0.4) is 0 Å². The molecule has 8 heteroatoms. The van der Waals surface area contributed by atoms with Crippen LogP contribution in [0, 0.1) is 6.92 Å². The molecule has 0 bridgehead atoms. The Labute approximate surface area is 207 Å². The number of benzene rings is 2. The van der Waals surface area contributed by atoms with E-state index in [2.05, 4.69) is 10.3 Å². The number of carboxylic acid groups (broad SMARTS) is 1. The van der Waals surface area contributed by atoms with E-state index in [1.54, 1.807) is 17.8 Å². The zero-order valence-electron chi connectivity index (χ0n) is 19.2. The Kier molecular flexibility index (Phi) is 9.44. The van der Waals surface area contributed by atoms with Crippen molar-refractivity contribution in [3.05, 3.63) is 81.3 Å². The molecule has 0 radical (unpaired) electrons. The van der Waals surface area contributed by atoms with Crippen molar-refractivity contribution in [2.45, 2.75) is 25.8 Å². The van der Waals surface area contributed by atoms with E-state index in [1.165, 1.54) is 23.1 Å². The number of hydrogen-bond acceptors (Lipinski definition) is 6. The molecule has 6 nitrogen and oxygen atoms in total. The lowest BCUT2D eigenvalue weighted by Crippen LogP contribution is -2.41. The summed E-state index contributed by atoms with van der Waals surface area (Å²) in [4.78, 5) is 29.9. The van der Waals surface area contributed by atoms with Crippen LogP contribution in [0.4, 0.5) is 0 Å². The number of aliphatic hydroxyl groups excluding tert-OH is 1. The van der Waals surface area contributed by atoms with Crippen molar-refractivity contribution < 1.29 is 19.8 Å². The molecule has 34 heavy (non-hydrogen) atoms. The molecule has 0 saturated heterocycles. The Bertz CT molecular complexity index is 1160. The molecule has 3 rings (SSSR count). The Balaban J connectivity index is 1.97. The van der Waals surface area contributed by atoms with Crippen molar-refractivity contribution in [2.75, 3.05) is 18.6 Å². The van der Waals surface area contributed by atoms with Gasteiger partial charge in [0.05, 0.1) is 12.1 Å². The van der Waals surface area contributed by atoms with Gasteiger partial charge < -0.3 is 15.5 Å². The summed E-state index contributed by atoms with van der Waals surface area (Å²) in [6.07, 6.45) is 6.44. The van der Waals surface area contributed by atoms with E-state index in [4.69, 9.17) is 0 Å². The van der Waals surface area contributed by atoms with Crippen LogP contribution in [0.5, 0.6) is 0 Å². The summed E-state index contributed by atoms with van der Waals surface area (Å²) in [5.41, 5.74) is 6.59. The first kappa shape index (κ1) is 25.7. The molecule has 3 aromatic rings. The van der Waals surface area contributed by atoms with Gasteiger partial charge in [-0.05, 0) is 71.7 Å². The summed E-state index contributed by atoms with van der Waals surface area (Å²) < 4.78 is 0. The third-order valence-electron chi connectivity index (χ3n) is 5.41. The molecule has 0 fully saturated rings. The number of carbonyl (C=O) groups excluding carboxylic acids is 1. The van der Waals surface area contributed by atoms with E-state index in [0.29, 0.717) is 24.2 Å². The van der Waals surface area contributed by atoms with Crippen LogP contribution in [0.2, 0.25) is 0 Å². The molecule has 0 aliphatic rings. The zero-order chi connectivity index (χ0) is 24.5. The van der Waals surface area contributed by atoms with Crippen LogP contribution in [-0.2, 0) is 11.2 Å². The molecule has 1 amide bonds. The minimum Gasteiger partial charge on any atom is -0.480 e. The third-order valence-corrected chi connectivity index (χ3v) is 6.78. The van der Waals surface area contributed by atoms with Gasteiger partial charge >= 0.3 is 5.97 Å². The second kappa shape index (κ2) is 12.5. The lowest BCUT2D eigenvalue weighted by atomic mass is 9.92. The second-order valence-electron chi connectivity index (χ2n) is 7.88. The number of nitrogens with zero attached hydrogens (tertiary/aromatic N) is 1. The van der Waals surface area contributed by atoms with Crippen LogP contribution in [0.15, 0.2) is 59.7 Å². The van der Waals surface area contributed by atoms with Crippen LogP contribution in [0.25, 0.3) is 17.2 Å². The van der Waals surface area contributed by atoms with Gasteiger partial charge in [-0.25, -0.2) is 4.79 Å². The SMILES string of the molecule is CSCCC(NC(=O)c1ccc(C/C(=C/c2cncs2)CO)cc1-c1ccccc1C)C(=O)O. The monoisotopic (exact) mass is 496 g/mol. The number of aryl methyl sites for hydroxylation is 1. The number of nitrogens with one attached hydrogen (secondary N) is 1. The lowest BCUT2D eigenvalue weighted by molar-refractivity contribution is -0.139. The molecule has 0 spiro atoms. The van der Waals surface area contributed by atoms with Gasteiger partial charge in [0.1, 0.15) is 6.04 Å². The number of thioether (sulfide) groups is 1. The van der Waals surface area contributed by atoms with Crippen LogP contribution in [0.1, 0.15) is 32.8 Å². The van der Waals surface area contributed by atoms with Gasteiger partial charge in [-0.1, -0.05) is 36.4 Å². The average Bonchev–Trinajstić information content (AvgIpc) is 3.34. The first-order valence-corrected chi connectivity index (χ1v) is 13.1. The Morgan fingerprint density at radius 2 is 2.00 bits per heavy atom. The van der Waals surface area contributed by atoms with Gasteiger partial charge in [-0.15, -0.1) is 11.3 Å².